The molecular formula is C80H120N2O6. The fourth-order valence-electron chi connectivity index (χ4n) is 8.27. The zero-order chi connectivity index (χ0) is 67.6. The maximum atomic E-state index is 12.0. The van der Waals surface area contributed by atoms with E-state index in [1.165, 1.54) is 44.2 Å². The fraction of sp³-hybridized carbons (Fsp3) is 0.475. The molecule has 3 unspecified atom stereocenters. The number of anilines is 1. The zero-order valence-electron chi connectivity index (χ0n) is 59.6. The summed E-state index contributed by atoms with van der Waals surface area (Å²) >= 11 is 0. The molecule has 486 valence electrons. The molecule has 7 aromatic carbocycles. The molecule has 88 heavy (non-hydrogen) atoms. The van der Waals surface area contributed by atoms with Crippen LogP contribution >= 0.6 is 0 Å². The Hall–Kier alpha value is -7.06. The van der Waals surface area contributed by atoms with Crippen LogP contribution < -0.4 is 15.4 Å². The molecule has 8 rings (SSSR count). The number of ether oxygens (including phenoxy) is 2. The van der Waals surface area contributed by atoms with E-state index in [4.69, 9.17) is 9.47 Å². The number of hydrogen-bond donors (Lipinski definition) is 2. The molecule has 0 spiro atoms. The molecule has 1 aliphatic carbocycles. The van der Waals surface area contributed by atoms with Gasteiger partial charge in [-0.2, -0.15) is 0 Å². The normalized spacial score (nSPS) is 12.6. The first-order chi connectivity index (χ1) is 42.0. The molecule has 8 nitrogen and oxygen atoms in total. The molecule has 0 saturated carbocycles. The summed E-state index contributed by atoms with van der Waals surface area (Å²) in [6, 6.07) is 53.0. The number of nitrogens with one attached hydrogen (secondary N) is 2. The van der Waals surface area contributed by atoms with Gasteiger partial charge in [0.15, 0.2) is 0 Å². The van der Waals surface area contributed by atoms with Crippen LogP contribution in [0.25, 0.3) is 21.5 Å². The van der Waals surface area contributed by atoms with Gasteiger partial charge in [-0.15, -0.1) is 0 Å². The molecule has 0 aliphatic heterocycles. The molecule has 1 aliphatic rings. The number of benzene rings is 7. The molecule has 3 atom stereocenters. The Bertz CT molecular complexity index is 2950. The van der Waals surface area contributed by atoms with Crippen LogP contribution in [0.2, 0.25) is 0 Å². The van der Waals surface area contributed by atoms with Gasteiger partial charge in [-0.1, -0.05) is 276 Å². The number of fused-ring (bicyclic) bond motifs is 1. The standard InChI is InChI=1S/C16H18O2.C14H21NO.C14H20O2.C14H14.C12H17NO.5C2H6/c1-4-16(2,3)15(17)18-14-10-9-12-7-5-6-8-13(12)11-14;1-5-12(4)14(16)15-9-13-7-10(2)6-11(3)8-13;1-4-14(2,3)13(15)16-11-10-12-8-6-5-7-9-12;1-9-10(2)13-8-4-6-11-5-3-7-12(9)14(11)13;1-4-12(2,3)11(14)13-10-8-6-5-7-9-10;5*1-2/h5-11H,4H2,1-3H3;6-8,12H,5,9H2,1-4H3,(H,15,16);5-9H,4,10-11H2,1-3H3;3-10H,1-2H3;5-9H,4H2,1-3H3,(H,13,14);5*1-2H3. The number of aryl methyl sites for hydroxylation is 2. The number of hydrogen-bond acceptors (Lipinski definition) is 6. The summed E-state index contributed by atoms with van der Waals surface area (Å²) in [5, 5.41) is 11.0. The second-order valence-corrected chi connectivity index (χ2v) is 22.7. The second-order valence-electron chi connectivity index (χ2n) is 22.7. The highest BCUT2D eigenvalue weighted by Crippen LogP contribution is 2.46. The Morgan fingerprint density at radius 3 is 1.41 bits per heavy atom. The molecular weight excluding hydrogens is 1080 g/mol. The van der Waals surface area contributed by atoms with Crippen molar-refractivity contribution in [2.75, 3.05) is 11.9 Å². The molecule has 0 fully saturated rings. The monoisotopic (exact) mass is 1200 g/mol. The second kappa shape index (κ2) is 45.2. The van der Waals surface area contributed by atoms with Gasteiger partial charge in [0, 0.05) is 30.0 Å². The highest BCUT2D eigenvalue weighted by atomic mass is 16.5. The van der Waals surface area contributed by atoms with Gasteiger partial charge in [0.25, 0.3) is 0 Å². The van der Waals surface area contributed by atoms with Gasteiger partial charge in [0.1, 0.15) is 5.75 Å². The van der Waals surface area contributed by atoms with Gasteiger partial charge in [-0.25, -0.2) is 0 Å². The smallest absolute Gasteiger partial charge is 0.316 e. The Morgan fingerprint density at radius 2 is 0.932 bits per heavy atom. The van der Waals surface area contributed by atoms with Gasteiger partial charge >= 0.3 is 11.9 Å². The lowest BCUT2D eigenvalue weighted by molar-refractivity contribution is -0.154. The molecule has 0 radical (unpaired) electrons. The maximum absolute atomic E-state index is 12.0. The van der Waals surface area contributed by atoms with Gasteiger partial charge in [-0.3, -0.25) is 19.2 Å². The summed E-state index contributed by atoms with van der Waals surface area (Å²) in [6.07, 6.45) is 4.08. The number of amides is 2. The predicted octanol–water partition coefficient (Wildman–Crippen LogP) is 22.6. The van der Waals surface area contributed by atoms with Crippen molar-refractivity contribution in [2.24, 2.45) is 22.2 Å². The number of rotatable bonds is 15. The molecule has 8 heteroatoms. The van der Waals surface area contributed by atoms with Crippen LogP contribution in [0.5, 0.6) is 5.75 Å². The first-order valence-corrected chi connectivity index (χ1v) is 33.1. The summed E-state index contributed by atoms with van der Waals surface area (Å²) < 4.78 is 10.7. The van der Waals surface area contributed by atoms with E-state index in [0.29, 0.717) is 30.7 Å². The summed E-state index contributed by atoms with van der Waals surface area (Å²) in [6.45, 7) is 51.4. The van der Waals surface area contributed by atoms with Crippen molar-refractivity contribution in [1.29, 1.82) is 0 Å². The zero-order valence-corrected chi connectivity index (χ0v) is 59.6. The van der Waals surface area contributed by atoms with E-state index in [-0.39, 0.29) is 40.5 Å². The van der Waals surface area contributed by atoms with Gasteiger partial charge in [0.05, 0.1) is 17.4 Å². The van der Waals surface area contributed by atoms with Crippen molar-refractivity contribution in [3.05, 3.63) is 191 Å². The largest absolute Gasteiger partial charge is 0.465 e. The van der Waals surface area contributed by atoms with Gasteiger partial charge < -0.3 is 20.1 Å². The third-order valence-corrected chi connectivity index (χ3v) is 15.3. The summed E-state index contributed by atoms with van der Waals surface area (Å²) in [5.74, 6) is 2.00. The van der Waals surface area contributed by atoms with Crippen molar-refractivity contribution in [1.82, 2.24) is 5.32 Å². The van der Waals surface area contributed by atoms with Crippen molar-refractivity contribution in [3.8, 4) is 5.75 Å². The minimum Gasteiger partial charge on any atom is -0.465 e. The number of para-hydroxylation sites is 1. The highest BCUT2D eigenvalue weighted by Gasteiger charge is 2.29. The molecule has 2 N–H and O–H groups in total. The number of esters is 2. The van der Waals surface area contributed by atoms with E-state index >= 15 is 0 Å². The van der Waals surface area contributed by atoms with Crippen molar-refractivity contribution in [3.63, 3.8) is 0 Å². The van der Waals surface area contributed by atoms with E-state index in [1.807, 2.05) is 249 Å². The van der Waals surface area contributed by atoms with Crippen LogP contribution in [0.4, 0.5) is 5.69 Å². The Kier molecular flexibility index (Phi) is 42.7. The summed E-state index contributed by atoms with van der Waals surface area (Å²) in [7, 11) is 0. The first-order valence-electron chi connectivity index (χ1n) is 33.1. The Labute approximate surface area is 536 Å². The average molecular weight is 1210 g/mol. The predicted molar refractivity (Wildman–Crippen MR) is 383 cm³/mol. The fourth-order valence-corrected chi connectivity index (χ4v) is 8.27. The van der Waals surface area contributed by atoms with Crippen molar-refractivity contribution >= 4 is 51.0 Å². The summed E-state index contributed by atoms with van der Waals surface area (Å²) in [4.78, 5) is 47.0. The maximum Gasteiger partial charge on any atom is 0.316 e. The highest BCUT2D eigenvalue weighted by molar-refractivity contribution is 5.95. The van der Waals surface area contributed by atoms with E-state index in [1.54, 1.807) is 0 Å². The Morgan fingerprint density at radius 1 is 0.489 bits per heavy atom. The van der Waals surface area contributed by atoms with Crippen LogP contribution in [0.3, 0.4) is 0 Å². The lowest BCUT2D eigenvalue weighted by Crippen LogP contribution is -2.29. The third kappa shape index (κ3) is 28.8. The molecule has 0 bridgehead atoms. The lowest BCUT2D eigenvalue weighted by atomic mass is 9.89. The average Bonchev–Trinajstić information content (AvgIpc) is 4.09. The van der Waals surface area contributed by atoms with Gasteiger partial charge in [-0.05, 0) is 147 Å². The molecule has 7 aromatic rings. The lowest BCUT2D eigenvalue weighted by Gasteiger charge is -2.21. The van der Waals surface area contributed by atoms with E-state index in [9.17, 15) is 19.2 Å². The number of carbonyl (C=O) groups is 4. The van der Waals surface area contributed by atoms with Gasteiger partial charge in [0.2, 0.25) is 11.8 Å². The van der Waals surface area contributed by atoms with Crippen LogP contribution in [0.1, 0.15) is 230 Å². The third-order valence-electron chi connectivity index (χ3n) is 15.3. The van der Waals surface area contributed by atoms with Crippen LogP contribution in [-0.2, 0) is 36.9 Å². The van der Waals surface area contributed by atoms with E-state index < -0.39 is 5.41 Å². The summed E-state index contributed by atoms with van der Waals surface area (Å²) in [5.41, 5.74) is 7.69. The number of carbonyl (C=O) groups excluding carboxylic acids is 4. The SMILES string of the molecule is CC.CC.CC.CC.CC.CC1c2cccc3cccc(c23)C1C.CCC(C)(C)C(=O)Nc1ccccc1.CCC(C)(C)C(=O)OCCc1ccccc1.CCC(C)(C)C(=O)Oc1ccc2ccccc2c1.CCC(C)C(=O)NCc1cc(C)cc(C)c1. The Balaban J connectivity index is 0. The quantitative estimate of drug-likeness (QED) is 0.0782. The molecule has 0 saturated heterocycles. The topological polar surface area (TPSA) is 111 Å². The minimum absolute atomic E-state index is 0.0752. The van der Waals surface area contributed by atoms with Crippen molar-refractivity contribution < 1.29 is 28.7 Å². The minimum atomic E-state index is -0.439. The van der Waals surface area contributed by atoms with Crippen LogP contribution in [-0.4, -0.2) is 30.4 Å². The molecule has 0 aromatic heterocycles. The van der Waals surface area contributed by atoms with Crippen LogP contribution in [0, 0.1) is 36.0 Å². The van der Waals surface area contributed by atoms with E-state index in [2.05, 4.69) is 92.9 Å². The van der Waals surface area contributed by atoms with Crippen LogP contribution in [0.15, 0.2) is 158 Å². The first kappa shape index (κ1) is 83.0. The molecule has 0 heterocycles. The van der Waals surface area contributed by atoms with Crippen molar-refractivity contribution in [2.45, 2.75) is 224 Å². The molecule has 2 amide bonds. The van der Waals surface area contributed by atoms with E-state index in [0.717, 1.165) is 48.6 Å².